The third-order valence-electron chi connectivity index (χ3n) is 2.92. The lowest BCUT2D eigenvalue weighted by Gasteiger charge is -2.31. The molecule has 1 aliphatic rings. The predicted molar refractivity (Wildman–Crippen MR) is 54.1 cm³/mol. The number of rotatable bonds is 2. The molecule has 1 saturated carbocycles. The van der Waals surface area contributed by atoms with Gasteiger partial charge in [0.1, 0.15) is 0 Å². The lowest BCUT2D eigenvalue weighted by atomic mass is 9.88. The Kier molecular flexibility index (Phi) is 2.31. The Labute approximate surface area is 75.1 Å². The maximum Gasteiger partial charge on any atom is 0.0237 e. The van der Waals surface area contributed by atoms with Crippen molar-refractivity contribution in [3.63, 3.8) is 0 Å². The molecule has 11 heavy (non-hydrogen) atoms. The first-order valence-electron chi connectivity index (χ1n) is 4.58. The molecule has 0 spiro atoms. The molecule has 0 aromatic rings. The van der Waals surface area contributed by atoms with E-state index in [1.54, 1.807) is 0 Å². The zero-order valence-electron chi connectivity index (χ0n) is 8.40. The van der Waals surface area contributed by atoms with E-state index in [1.807, 2.05) is 0 Å². The topological polar surface area (TPSA) is 0 Å². The van der Waals surface area contributed by atoms with Gasteiger partial charge in [-0.1, -0.05) is 34.6 Å². The monoisotopic (exact) mass is 172 g/mol. The van der Waals surface area contributed by atoms with Crippen molar-refractivity contribution in [2.24, 2.45) is 11.3 Å². The zero-order chi connectivity index (χ0) is 8.70. The van der Waals surface area contributed by atoms with Crippen LogP contribution in [0.4, 0.5) is 0 Å². The molecule has 0 aromatic carbocycles. The molecule has 0 bridgehead atoms. The van der Waals surface area contributed by atoms with Gasteiger partial charge >= 0.3 is 0 Å². The Morgan fingerprint density at radius 3 is 2.00 bits per heavy atom. The van der Waals surface area contributed by atoms with Crippen LogP contribution in [0.25, 0.3) is 0 Å². The van der Waals surface area contributed by atoms with Gasteiger partial charge in [0.05, 0.1) is 0 Å². The van der Waals surface area contributed by atoms with Crippen LogP contribution in [-0.4, -0.2) is 10.5 Å². The molecule has 2 unspecified atom stereocenters. The highest BCUT2D eigenvalue weighted by Gasteiger charge is 2.58. The Morgan fingerprint density at radius 1 is 1.45 bits per heavy atom. The lowest BCUT2D eigenvalue weighted by Crippen LogP contribution is -2.27. The zero-order valence-corrected chi connectivity index (χ0v) is 9.22. The van der Waals surface area contributed by atoms with Gasteiger partial charge in [-0.15, -0.1) is 0 Å². The van der Waals surface area contributed by atoms with E-state index in [4.69, 9.17) is 0 Å². The molecule has 0 heterocycles. The summed E-state index contributed by atoms with van der Waals surface area (Å²) in [6, 6.07) is 0. The smallest absolute Gasteiger partial charge is 0.0237 e. The van der Waals surface area contributed by atoms with E-state index in [0.29, 0.717) is 10.2 Å². The SMILES string of the molecule is CCSC1(C(C)(C)C)CC1C. The van der Waals surface area contributed by atoms with E-state index in [2.05, 4.69) is 46.4 Å². The maximum absolute atomic E-state index is 2.38. The van der Waals surface area contributed by atoms with E-state index in [0.717, 1.165) is 5.92 Å². The minimum Gasteiger partial charge on any atom is -0.155 e. The maximum atomic E-state index is 2.38. The van der Waals surface area contributed by atoms with Crippen LogP contribution in [0.15, 0.2) is 0 Å². The van der Waals surface area contributed by atoms with Crippen molar-refractivity contribution in [3.8, 4) is 0 Å². The molecule has 1 heteroatoms. The second-order valence-electron chi connectivity index (χ2n) is 4.68. The Hall–Kier alpha value is 0.350. The Bertz CT molecular complexity index is 145. The molecule has 1 rings (SSSR count). The molecule has 0 saturated heterocycles. The molecule has 2 atom stereocenters. The summed E-state index contributed by atoms with van der Waals surface area (Å²) < 4.78 is 0.613. The van der Waals surface area contributed by atoms with Crippen LogP contribution in [0, 0.1) is 11.3 Å². The summed E-state index contributed by atoms with van der Waals surface area (Å²) in [6.07, 6.45) is 1.43. The third kappa shape index (κ3) is 1.44. The fraction of sp³-hybridized carbons (Fsp3) is 1.00. The van der Waals surface area contributed by atoms with Gasteiger partial charge in [-0.25, -0.2) is 0 Å². The first-order valence-corrected chi connectivity index (χ1v) is 5.56. The fourth-order valence-electron chi connectivity index (χ4n) is 2.12. The number of hydrogen-bond donors (Lipinski definition) is 0. The highest BCUT2D eigenvalue weighted by atomic mass is 32.2. The van der Waals surface area contributed by atoms with Crippen molar-refractivity contribution >= 4 is 11.8 Å². The van der Waals surface area contributed by atoms with E-state index < -0.39 is 0 Å². The van der Waals surface area contributed by atoms with Crippen LogP contribution in [0.1, 0.15) is 41.0 Å². The largest absolute Gasteiger partial charge is 0.155 e. The van der Waals surface area contributed by atoms with Crippen molar-refractivity contribution in [1.29, 1.82) is 0 Å². The number of thioether (sulfide) groups is 1. The molecule has 1 fully saturated rings. The van der Waals surface area contributed by atoms with Gasteiger partial charge in [-0.05, 0) is 23.5 Å². The van der Waals surface area contributed by atoms with Crippen LogP contribution in [0.2, 0.25) is 0 Å². The van der Waals surface area contributed by atoms with Gasteiger partial charge < -0.3 is 0 Å². The quantitative estimate of drug-likeness (QED) is 0.613. The second-order valence-corrected chi connectivity index (χ2v) is 6.27. The summed E-state index contributed by atoms with van der Waals surface area (Å²) in [5.74, 6) is 2.20. The highest BCUT2D eigenvalue weighted by molar-refractivity contribution is 8.01. The standard InChI is InChI=1S/C10H20S/c1-6-11-10(7-8(10)2)9(3,4)5/h8H,6-7H2,1-5H3. The first-order chi connectivity index (χ1) is 4.94. The van der Waals surface area contributed by atoms with Crippen molar-refractivity contribution in [2.75, 3.05) is 5.75 Å². The van der Waals surface area contributed by atoms with Gasteiger partial charge in [-0.3, -0.25) is 0 Å². The summed E-state index contributed by atoms with van der Waals surface area (Å²) >= 11 is 2.16. The average Bonchev–Trinajstić information content (AvgIpc) is 2.42. The Balaban J connectivity index is 2.64. The van der Waals surface area contributed by atoms with Crippen LogP contribution in [0.3, 0.4) is 0 Å². The van der Waals surface area contributed by atoms with Gasteiger partial charge in [-0.2, -0.15) is 11.8 Å². The van der Waals surface area contributed by atoms with Crippen molar-refractivity contribution in [1.82, 2.24) is 0 Å². The number of hydrogen-bond acceptors (Lipinski definition) is 1. The van der Waals surface area contributed by atoms with Crippen LogP contribution in [-0.2, 0) is 0 Å². The van der Waals surface area contributed by atoms with Gasteiger partial charge in [0.2, 0.25) is 0 Å². The predicted octanol–water partition coefficient (Wildman–Crippen LogP) is 3.56. The fourth-order valence-corrected chi connectivity index (χ4v) is 3.72. The average molecular weight is 172 g/mol. The lowest BCUT2D eigenvalue weighted by molar-refractivity contribution is 0.365. The third-order valence-corrected chi connectivity index (χ3v) is 4.90. The van der Waals surface area contributed by atoms with E-state index in [9.17, 15) is 0 Å². The minimum absolute atomic E-state index is 0.493. The minimum atomic E-state index is 0.493. The summed E-state index contributed by atoms with van der Waals surface area (Å²) in [5.41, 5.74) is 0.493. The summed E-state index contributed by atoms with van der Waals surface area (Å²) in [7, 11) is 0. The summed E-state index contributed by atoms with van der Waals surface area (Å²) in [6.45, 7) is 11.8. The van der Waals surface area contributed by atoms with Crippen LogP contribution in [0.5, 0.6) is 0 Å². The molecule has 0 radical (unpaired) electrons. The molecule has 0 amide bonds. The molecule has 0 aliphatic heterocycles. The van der Waals surface area contributed by atoms with Crippen molar-refractivity contribution < 1.29 is 0 Å². The molecular weight excluding hydrogens is 152 g/mol. The van der Waals surface area contributed by atoms with E-state index >= 15 is 0 Å². The molecule has 1 aliphatic carbocycles. The molecule has 0 nitrogen and oxygen atoms in total. The molecule has 66 valence electrons. The summed E-state index contributed by atoms with van der Waals surface area (Å²) in [4.78, 5) is 0. The molecular formula is C10H20S. The molecule has 0 N–H and O–H groups in total. The van der Waals surface area contributed by atoms with Gasteiger partial charge in [0, 0.05) is 4.75 Å². The molecule has 0 aromatic heterocycles. The van der Waals surface area contributed by atoms with Crippen molar-refractivity contribution in [3.05, 3.63) is 0 Å². The van der Waals surface area contributed by atoms with Gasteiger partial charge in [0.25, 0.3) is 0 Å². The van der Waals surface area contributed by atoms with Crippen molar-refractivity contribution in [2.45, 2.75) is 45.8 Å². The van der Waals surface area contributed by atoms with Crippen LogP contribution < -0.4 is 0 Å². The summed E-state index contributed by atoms with van der Waals surface area (Å²) in [5, 5.41) is 0. The first kappa shape index (κ1) is 9.44. The van der Waals surface area contributed by atoms with Gasteiger partial charge in [0.15, 0.2) is 0 Å². The Morgan fingerprint density at radius 2 is 1.91 bits per heavy atom. The van der Waals surface area contributed by atoms with Crippen LogP contribution >= 0.6 is 11.8 Å². The normalized spacial score (nSPS) is 37.4. The second kappa shape index (κ2) is 2.69. The van der Waals surface area contributed by atoms with E-state index in [-0.39, 0.29) is 0 Å². The van der Waals surface area contributed by atoms with E-state index in [1.165, 1.54) is 12.2 Å². The highest BCUT2D eigenvalue weighted by Crippen LogP contribution is 2.63.